The number of aryl methyl sites for hydroxylation is 1. The molecule has 1 aromatic rings. The molecule has 1 heterocycles. The van der Waals surface area contributed by atoms with Gasteiger partial charge in [0, 0.05) is 28.6 Å². The van der Waals surface area contributed by atoms with Crippen LogP contribution >= 0.6 is 11.3 Å². The van der Waals surface area contributed by atoms with Crippen molar-refractivity contribution in [3.8, 4) is 0 Å². The number of amides is 1. The average molecular weight is 311 g/mol. The van der Waals surface area contributed by atoms with Crippen molar-refractivity contribution in [2.45, 2.75) is 53.5 Å². The minimum atomic E-state index is -1.02. The van der Waals surface area contributed by atoms with Crippen molar-refractivity contribution in [3.05, 3.63) is 21.9 Å². The van der Waals surface area contributed by atoms with Crippen molar-refractivity contribution in [1.29, 1.82) is 0 Å². The summed E-state index contributed by atoms with van der Waals surface area (Å²) in [5.41, 5.74) is -1.02. The second-order valence-corrected chi connectivity index (χ2v) is 7.61. The first-order chi connectivity index (χ1) is 9.65. The molecule has 0 aliphatic carbocycles. The average Bonchev–Trinajstić information content (AvgIpc) is 2.73. The summed E-state index contributed by atoms with van der Waals surface area (Å²) >= 11 is 1.72. The molecule has 1 aromatic heterocycles. The first kappa shape index (κ1) is 17.7. The summed E-state index contributed by atoms with van der Waals surface area (Å²) in [6.45, 7) is 9.30. The Labute approximate surface area is 130 Å². The normalized spacial score (nSPS) is 15.5. The number of carboxylic acid groups (broad SMARTS) is 1. The highest BCUT2D eigenvalue weighted by Crippen LogP contribution is 2.31. The second-order valence-electron chi connectivity index (χ2n) is 6.24. The largest absolute Gasteiger partial charge is 0.481 e. The minimum absolute atomic E-state index is 0.000701. The number of hydrogen-bond acceptors (Lipinski definition) is 3. The van der Waals surface area contributed by atoms with E-state index in [4.69, 9.17) is 0 Å². The molecule has 4 nitrogen and oxygen atoms in total. The van der Waals surface area contributed by atoms with Gasteiger partial charge in [-0.15, -0.1) is 11.3 Å². The van der Waals surface area contributed by atoms with E-state index in [2.05, 4.69) is 24.4 Å². The zero-order valence-electron chi connectivity index (χ0n) is 13.4. The third-order valence-corrected chi connectivity index (χ3v) is 5.02. The molecule has 0 spiro atoms. The maximum absolute atomic E-state index is 12.1. The van der Waals surface area contributed by atoms with E-state index in [0.29, 0.717) is 0 Å². The number of rotatable bonds is 7. The Bertz CT molecular complexity index is 509. The highest BCUT2D eigenvalue weighted by molar-refractivity contribution is 7.11. The van der Waals surface area contributed by atoms with E-state index in [1.807, 2.05) is 20.8 Å². The van der Waals surface area contributed by atoms with Gasteiger partial charge in [0.05, 0.1) is 5.41 Å². The minimum Gasteiger partial charge on any atom is -0.481 e. The lowest BCUT2D eigenvalue weighted by atomic mass is 9.76. The van der Waals surface area contributed by atoms with Gasteiger partial charge in [0.15, 0.2) is 0 Å². The van der Waals surface area contributed by atoms with Crippen LogP contribution in [0.3, 0.4) is 0 Å². The Kier molecular flexibility index (Phi) is 5.96. The molecule has 2 unspecified atom stereocenters. The lowest BCUT2D eigenvalue weighted by Crippen LogP contribution is -2.42. The molecular weight excluding hydrogens is 286 g/mol. The lowest BCUT2D eigenvalue weighted by molar-refractivity contribution is -0.153. The van der Waals surface area contributed by atoms with Gasteiger partial charge in [-0.05, 0) is 38.8 Å². The zero-order valence-corrected chi connectivity index (χ0v) is 14.2. The lowest BCUT2D eigenvalue weighted by Gasteiger charge is -2.29. The Morgan fingerprint density at radius 3 is 2.38 bits per heavy atom. The Morgan fingerprint density at radius 1 is 1.33 bits per heavy atom. The molecular formula is C16H25NO3S. The first-order valence-electron chi connectivity index (χ1n) is 7.23. The summed E-state index contributed by atoms with van der Waals surface area (Å²) in [5, 5.41) is 12.3. The highest BCUT2D eigenvalue weighted by Gasteiger charge is 2.38. The molecule has 2 N–H and O–H groups in total. The van der Waals surface area contributed by atoms with Crippen molar-refractivity contribution >= 4 is 23.2 Å². The van der Waals surface area contributed by atoms with Gasteiger partial charge in [-0.25, -0.2) is 0 Å². The zero-order chi connectivity index (χ0) is 16.2. The highest BCUT2D eigenvalue weighted by atomic mass is 32.1. The number of hydrogen-bond donors (Lipinski definition) is 2. The number of thiophene rings is 1. The van der Waals surface area contributed by atoms with E-state index in [1.165, 1.54) is 9.75 Å². The van der Waals surface area contributed by atoms with Gasteiger partial charge in [-0.1, -0.05) is 13.8 Å². The van der Waals surface area contributed by atoms with Gasteiger partial charge in [-0.3, -0.25) is 9.59 Å². The maximum Gasteiger partial charge on any atom is 0.310 e. The molecule has 2 atom stereocenters. The van der Waals surface area contributed by atoms with Gasteiger partial charge in [-0.2, -0.15) is 0 Å². The quantitative estimate of drug-likeness (QED) is 0.812. The fraction of sp³-hybridized carbons (Fsp3) is 0.625. The predicted octanol–water partition coefficient (Wildman–Crippen LogP) is 3.24. The fourth-order valence-corrected chi connectivity index (χ4v) is 3.15. The monoisotopic (exact) mass is 311 g/mol. The molecule has 21 heavy (non-hydrogen) atoms. The van der Waals surface area contributed by atoms with E-state index >= 15 is 0 Å². The van der Waals surface area contributed by atoms with Gasteiger partial charge >= 0.3 is 5.97 Å². The molecule has 0 aliphatic heterocycles. The summed E-state index contributed by atoms with van der Waals surface area (Å²) in [7, 11) is 0. The van der Waals surface area contributed by atoms with Crippen LogP contribution in [-0.4, -0.2) is 23.0 Å². The van der Waals surface area contributed by atoms with Crippen LogP contribution in [0.25, 0.3) is 0 Å². The van der Waals surface area contributed by atoms with Gasteiger partial charge in [0.25, 0.3) is 0 Å². The van der Waals surface area contributed by atoms with Crippen LogP contribution in [0.4, 0.5) is 0 Å². The van der Waals surface area contributed by atoms with Crippen LogP contribution in [0.15, 0.2) is 12.1 Å². The van der Waals surface area contributed by atoms with Crippen molar-refractivity contribution in [3.63, 3.8) is 0 Å². The second kappa shape index (κ2) is 7.07. The summed E-state index contributed by atoms with van der Waals surface area (Å²) < 4.78 is 0. The van der Waals surface area contributed by atoms with Crippen LogP contribution in [0.2, 0.25) is 0 Å². The van der Waals surface area contributed by atoms with Gasteiger partial charge in [0.2, 0.25) is 5.91 Å². The summed E-state index contributed by atoms with van der Waals surface area (Å²) in [6, 6.07) is 4.13. The topological polar surface area (TPSA) is 66.4 Å². The van der Waals surface area contributed by atoms with Crippen molar-refractivity contribution in [2.75, 3.05) is 0 Å². The summed E-state index contributed by atoms with van der Waals surface area (Å²) in [5.74, 6) is -1.22. The van der Waals surface area contributed by atoms with Gasteiger partial charge in [0.1, 0.15) is 0 Å². The third-order valence-electron chi connectivity index (χ3n) is 4.00. The molecule has 0 radical (unpaired) electrons. The van der Waals surface area contributed by atoms with Crippen molar-refractivity contribution < 1.29 is 14.7 Å². The summed E-state index contributed by atoms with van der Waals surface area (Å²) in [4.78, 5) is 26.0. The van der Waals surface area contributed by atoms with E-state index in [1.54, 1.807) is 18.3 Å². The van der Waals surface area contributed by atoms with Crippen LogP contribution in [0, 0.1) is 18.3 Å². The SMILES string of the molecule is Cc1ccc(CC(C)NC(=O)CC(C)(C(=O)O)C(C)C)s1. The molecule has 1 amide bonds. The van der Waals surface area contributed by atoms with Crippen LogP contribution in [0.1, 0.15) is 43.9 Å². The molecule has 0 aliphatic rings. The maximum atomic E-state index is 12.1. The smallest absolute Gasteiger partial charge is 0.310 e. The van der Waals surface area contributed by atoms with E-state index in [-0.39, 0.29) is 24.3 Å². The predicted molar refractivity (Wildman–Crippen MR) is 85.6 cm³/mol. The number of carboxylic acids is 1. The van der Waals surface area contributed by atoms with E-state index in [9.17, 15) is 14.7 Å². The molecule has 0 saturated carbocycles. The van der Waals surface area contributed by atoms with Crippen LogP contribution in [-0.2, 0) is 16.0 Å². The fourth-order valence-electron chi connectivity index (χ4n) is 2.13. The molecule has 0 saturated heterocycles. The standard InChI is InChI=1S/C16H25NO3S/c1-10(2)16(5,15(19)20)9-14(18)17-11(3)8-13-7-6-12(4)21-13/h6-7,10-11H,8-9H2,1-5H3,(H,17,18)(H,19,20). The summed E-state index contributed by atoms with van der Waals surface area (Å²) in [6.07, 6.45) is 0.781. The Hall–Kier alpha value is -1.36. The molecule has 118 valence electrons. The molecule has 1 rings (SSSR count). The number of carbonyl (C=O) groups excluding carboxylic acids is 1. The Balaban J connectivity index is 2.58. The van der Waals surface area contributed by atoms with Gasteiger partial charge < -0.3 is 10.4 Å². The molecule has 0 aromatic carbocycles. The number of nitrogens with one attached hydrogen (secondary N) is 1. The van der Waals surface area contributed by atoms with Crippen molar-refractivity contribution in [2.24, 2.45) is 11.3 Å². The molecule has 0 bridgehead atoms. The van der Waals surface area contributed by atoms with Crippen LogP contribution in [0.5, 0.6) is 0 Å². The Morgan fingerprint density at radius 2 is 1.95 bits per heavy atom. The number of carbonyl (C=O) groups is 2. The molecule has 0 fully saturated rings. The van der Waals surface area contributed by atoms with Crippen molar-refractivity contribution in [1.82, 2.24) is 5.32 Å². The van der Waals surface area contributed by atoms with Crippen LogP contribution < -0.4 is 5.32 Å². The number of aliphatic carboxylic acids is 1. The third kappa shape index (κ3) is 4.84. The first-order valence-corrected chi connectivity index (χ1v) is 8.05. The van der Waals surface area contributed by atoms with E-state index < -0.39 is 11.4 Å². The van der Waals surface area contributed by atoms with E-state index in [0.717, 1.165) is 6.42 Å². The molecule has 5 heteroatoms.